The molecule has 3 atom stereocenters. The van der Waals surface area contributed by atoms with Crippen molar-refractivity contribution in [2.24, 2.45) is 16.9 Å². The number of allylic oxidation sites excluding steroid dienone is 1. The second kappa shape index (κ2) is 5.28. The maximum absolute atomic E-state index is 4.56. The molecule has 1 aromatic rings. The van der Waals surface area contributed by atoms with E-state index in [4.69, 9.17) is 0 Å². The molecule has 4 rings (SSSR count). The first kappa shape index (κ1) is 13.0. The first-order valence-corrected chi connectivity index (χ1v) is 7.79. The number of hydrogen-bond acceptors (Lipinski definition) is 4. The molecule has 3 unspecified atom stereocenters. The van der Waals surface area contributed by atoms with Crippen LogP contribution < -0.4 is 5.43 Å². The molecule has 1 aromatic carbocycles. The Bertz CT molecular complexity index is 551. The maximum atomic E-state index is 4.56. The monoisotopic (exact) mass is 282 g/mol. The van der Waals surface area contributed by atoms with Gasteiger partial charge in [0.25, 0.3) is 0 Å². The summed E-state index contributed by atoms with van der Waals surface area (Å²) in [6.45, 7) is 4.87. The standard InChI is InChI=1S/C17H22N4/c1-20-9-14-11-21(12-15(14)10-20)17-8-7-16(18-19-17)13-5-3-2-4-6-13/h2-8,14-15,17,19H,9-12H2,1H3. The highest BCUT2D eigenvalue weighted by molar-refractivity contribution is 6.08. The number of benzene rings is 1. The van der Waals surface area contributed by atoms with Crippen molar-refractivity contribution in [3.05, 3.63) is 48.0 Å². The molecule has 0 bridgehead atoms. The SMILES string of the molecule is CN1CC2CN(C3C=CC(c4ccccc4)=NN3)CC2C1. The minimum atomic E-state index is 0.258. The molecule has 3 aliphatic heterocycles. The van der Waals surface area contributed by atoms with Gasteiger partial charge in [0.15, 0.2) is 0 Å². The lowest BCUT2D eigenvalue weighted by atomic mass is 10.0. The van der Waals surface area contributed by atoms with Gasteiger partial charge in [0.1, 0.15) is 6.17 Å². The van der Waals surface area contributed by atoms with Crippen molar-refractivity contribution >= 4 is 5.71 Å². The van der Waals surface area contributed by atoms with Gasteiger partial charge in [0.2, 0.25) is 0 Å². The Labute approximate surface area is 126 Å². The second-order valence-corrected chi connectivity index (χ2v) is 6.49. The fourth-order valence-corrected chi connectivity index (χ4v) is 3.86. The Hall–Kier alpha value is -1.65. The zero-order valence-electron chi connectivity index (χ0n) is 12.4. The van der Waals surface area contributed by atoms with Gasteiger partial charge >= 0.3 is 0 Å². The summed E-state index contributed by atoms with van der Waals surface area (Å²) in [4.78, 5) is 4.99. The molecule has 0 saturated carbocycles. The van der Waals surface area contributed by atoms with Gasteiger partial charge in [0.05, 0.1) is 5.71 Å². The summed E-state index contributed by atoms with van der Waals surface area (Å²) in [7, 11) is 2.23. The Morgan fingerprint density at radius 3 is 2.38 bits per heavy atom. The van der Waals surface area contributed by atoms with Gasteiger partial charge in [-0.25, -0.2) is 0 Å². The van der Waals surface area contributed by atoms with Crippen LogP contribution in [0.4, 0.5) is 0 Å². The third-order valence-corrected chi connectivity index (χ3v) is 4.91. The van der Waals surface area contributed by atoms with E-state index in [9.17, 15) is 0 Å². The Morgan fingerprint density at radius 1 is 1.05 bits per heavy atom. The van der Waals surface area contributed by atoms with Crippen molar-refractivity contribution < 1.29 is 0 Å². The predicted octanol–water partition coefficient (Wildman–Crippen LogP) is 1.37. The van der Waals surface area contributed by atoms with Crippen LogP contribution in [0.15, 0.2) is 47.6 Å². The molecule has 2 fully saturated rings. The quantitative estimate of drug-likeness (QED) is 0.889. The average Bonchev–Trinajstić information content (AvgIpc) is 3.06. The molecule has 2 saturated heterocycles. The third kappa shape index (κ3) is 2.49. The highest BCUT2D eigenvalue weighted by Crippen LogP contribution is 2.31. The average molecular weight is 282 g/mol. The summed E-state index contributed by atoms with van der Waals surface area (Å²) in [6.07, 6.45) is 4.66. The van der Waals surface area contributed by atoms with E-state index in [1.807, 2.05) is 6.07 Å². The Balaban J connectivity index is 1.40. The molecule has 21 heavy (non-hydrogen) atoms. The molecule has 4 heteroatoms. The fraction of sp³-hybridized carbons (Fsp3) is 0.471. The van der Waals surface area contributed by atoms with Gasteiger partial charge in [-0.1, -0.05) is 30.3 Å². The number of hydrazone groups is 1. The van der Waals surface area contributed by atoms with Crippen LogP contribution in [0.25, 0.3) is 0 Å². The summed E-state index contributed by atoms with van der Waals surface area (Å²) in [6, 6.07) is 10.3. The number of hydrogen-bond donors (Lipinski definition) is 1. The van der Waals surface area contributed by atoms with Crippen molar-refractivity contribution in [1.82, 2.24) is 15.2 Å². The summed E-state index contributed by atoms with van der Waals surface area (Å²) >= 11 is 0. The lowest BCUT2D eigenvalue weighted by Gasteiger charge is -2.28. The van der Waals surface area contributed by atoms with Crippen molar-refractivity contribution in [2.45, 2.75) is 6.17 Å². The van der Waals surface area contributed by atoms with Crippen LogP contribution in [-0.4, -0.2) is 54.9 Å². The number of nitrogens with zero attached hydrogens (tertiary/aromatic N) is 3. The summed E-state index contributed by atoms with van der Waals surface area (Å²) in [5.74, 6) is 1.68. The van der Waals surface area contributed by atoms with Crippen molar-refractivity contribution in [3.8, 4) is 0 Å². The van der Waals surface area contributed by atoms with E-state index in [0.29, 0.717) is 0 Å². The van der Waals surface area contributed by atoms with Gasteiger partial charge in [-0.2, -0.15) is 5.10 Å². The zero-order valence-corrected chi connectivity index (χ0v) is 12.4. The molecule has 0 spiro atoms. The molecule has 3 heterocycles. The first-order chi connectivity index (χ1) is 10.3. The maximum Gasteiger partial charge on any atom is 0.115 e. The van der Waals surface area contributed by atoms with E-state index in [1.165, 1.54) is 31.7 Å². The Kier molecular flexibility index (Phi) is 3.28. The van der Waals surface area contributed by atoms with Crippen LogP contribution >= 0.6 is 0 Å². The lowest BCUT2D eigenvalue weighted by Crippen LogP contribution is -2.44. The van der Waals surface area contributed by atoms with E-state index in [1.54, 1.807) is 0 Å². The third-order valence-electron chi connectivity index (χ3n) is 4.91. The molecular weight excluding hydrogens is 260 g/mol. The highest BCUT2D eigenvalue weighted by Gasteiger charge is 2.40. The summed E-state index contributed by atoms with van der Waals surface area (Å²) in [5.41, 5.74) is 5.51. The minimum absolute atomic E-state index is 0.258. The van der Waals surface area contributed by atoms with Crippen LogP contribution in [0.5, 0.6) is 0 Å². The Morgan fingerprint density at radius 2 is 1.76 bits per heavy atom. The molecule has 1 N–H and O–H groups in total. The second-order valence-electron chi connectivity index (χ2n) is 6.49. The van der Waals surface area contributed by atoms with E-state index < -0.39 is 0 Å². The van der Waals surface area contributed by atoms with Crippen LogP contribution in [0, 0.1) is 11.8 Å². The molecule has 4 nitrogen and oxygen atoms in total. The predicted molar refractivity (Wildman–Crippen MR) is 85.1 cm³/mol. The van der Waals surface area contributed by atoms with Crippen LogP contribution in [0.2, 0.25) is 0 Å². The van der Waals surface area contributed by atoms with Crippen LogP contribution in [-0.2, 0) is 0 Å². The number of likely N-dealkylation sites (tertiary alicyclic amines) is 2. The molecule has 0 aromatic heterocycles. The van der Waals surface area contributed by atoms with Gasteiger partial charge < -0.3 is 4.90 Å². The van der Waals surface area contributed by atoms with Crippen molar-refractivity contribution in [2.75, 3.05) is 33.2 Å². The fourth-order valence-electron chi connectivity index (χ4n) is 3.86. The molecular formula is C17H22N4. The molecule has 0 aliphatic carbocycles. The van der Waals surface area contributed by atoms with E-state index >= 15 is 0 Å². The molecule has 0 amide bonds. The minimum Gasteiger partial charge on any atom is -0.306 e. The van der Waals surface area contributed by atoms with Gasteiger partial charge in [0, 0.05) is 31.7 Å². The van der Waals surface area contributed by atoms with E-state index in [2.05, 4.69) is 63.8 Å². The first-order valence-electron chi connectivity index (χ1n) is 7.79. The van der Waals surface area contributed by atoms with Gasteiger partial charge in [-0.3, -0.25) is 10.3 Å². The van der Waals surface area contributed by atoms with Crippen molar-refractivity contribution in [3.63, 3.8) is 0 Å². The number of rotatable bonds is 2. The highest BCUT2D eigenvalue weighted by atomic mass is 15.4. The largest absolute Gasteiger partial charge is 0.306 e. The van der Waals surface area contributed by atoms with Crippen LogP contribution in [0.3, 0.4) is 0 Å². The van der Waals surface area contributed by atoms with Crippen molar-refractivity contribution in [1.29, 1.82) is 0 Å². The molecule has 0 radical (unpaired) electrons. The van der Waals surface area contributed by atoms with Gasteiger partial charge in [-0.15, -0.1) is 0 Å². The topological polar surface area (TPSA) is 30.9 Å². The lowest BCUT2D eigenvalue weighted by molar-refractivity contribution is 0.214. The summed E-state index contributed by atoms with van der Waals surface area (Å²) in [5, 5.41) is 4.56. The number of nitrogens with one attached hydrogen (secondary N) is 1. The number of fused-ring (bicyclic) bond motifs is 1. The van der Waals surface area contributed by atoms with E-state index in [-0.39, 0.29) is 6.17 Å². The van der Waals surface area contributed by atoms with Crippen LogP contribution in [0.1, 0.15) is 5.56 Å². The normalized spacial score (nSPS) is 32.8. The smallest absolute Gasteiger partial charge is 0.115 e. The van der Waals surface area contributed by atoms with Gasteiger partial charge in [-0.05, 0) is 31.0 Å². The molecule has 110 valence electrons. The zero-order chi connectivity index (χ0) is 14.2. The summed E-state index contributed by atoms with van der Waals surface area (Å²) < 4.78 is 0. The molecule has 3 aliphatic rings. The van der Waals surface area contributed by atoms with E-state index in [0.717, 1.165) is 17.5 Å².